The van der Waals surface area contributed by atoms with Gasteiger partial charge >= 0.3 is 0 Å². The van der Waals surface area contributed by atoms with E-state index in [0.29, 0.717) is 33.9 Å². The molecule has 10 heteroatoms. The quantitative estimate of drug-likeness (QED) is 0.404. The van der Waals surface area contributed by atoms with Gasteiger partial charge in [0.05, 0.1) is 32.5 Å². The highest BCUT2D eigenvalue weighted by molar-refractivity contribution is 7.99. The summed E-state index contributed by atoms with van der Waals surface area (Å²) < 4.78 is 16.0. The number of fused-ring (bicyclic) bond motifs is 3. The Labute approximate surface area is 188 Å². The number of hydrogen-bond acceptors (Lipinski definition) is 9. The van der Waals surface area contributed by atoms with E-state index in [1.54, 1.807) is 23.5 Å². The second-order valence-electron chi connectivity index (χ2n) is 7.03. The van der Waals surface area contributed by atoms with Crippen molar-refractivity contribution in [2.45, 2.75) is 30.8 Å². The minimum absolute atomic E-state index is 0.146. The number of carbonyl (C=O) groups is 1. The topological polar surface area (TPSA) is 109 Å². The predicted molar refractivity (Wildman–Crippen MR) is 124 cm³/mol. The van der Waals surface area contributed by atoms with Gasteiger partial charge < -0.3 is 25.3 Å². The molecule has 3 aromatic rings. The molecule has 1 amide bonds. The van der Waals surface area contributed by atoms with Crippen LogP contribution in [0.5, 0.6) is 17.2 Å². The number of nitrogens with two attached hydrogens (primary N) is 1. The van der Waals surface area contributed by atoms with E-state index in [1.807, 2.05) is 0 Å². The third kappa shape index (κ3) is 4.35. The van der Waals surface area contributed by atoms with Gasteiger partial charge in [-0.2, -0.15) is 0 Å². The van der Waals surface area contributed by atoms with Crippen LogP contribution in [-0.2, 0) is 17.6 Å². The number of thiophene rings is 1. The maximum Gasteiger partial charge on any atom is 0.234 e. The lowest BCUT2D eigenvalue weighted by Gasteiger charge is -2.14. The van der Waals surface area contributed by atoms with Crippen molar-refractivity contribution < 1.29 is 19.0 Å². The predicted octanol–water partition coefficient (Wildman–Crippen LogP) is 3.91. The van der Waals surface area contributed by atoms with Crippen LogP contribution in [0.3, 0.4) is 0 Å². The number of thioether (sulfide) groups is 1. The van der Waals surface area contributed by atoms with Gasteiger partial charge in [-0.15, -0.1) is 11.3 Å². The summed E-state index contributed by atoms with van der Waals surface area (Å²) in [4.78, 5) is 23.9. The van der Waals surface area contributed by atoms with Crippen molar-refractivity contribution in [1.82, 2.24) is 9.97 Å². The lowest BCUT2D eigenvalue weighted by atomic mass is 9.97. The first-order chi connectivity index (χ1) is 15.0. The summed E-state index contributed by atoms with van der Waals surface area (Å²) >= 11 is 2.95. The van der Waals surface area contributed by atoms with Crippen molar-refractivity contribution in [2.75, 3.05) is 38.1 Å². The highest BCUT2D eigenvalue weighted by Gasteiger charge is 2.20. The number of amides is 1. The van der Waals surface area contributed by atoms with Gasteiger partial charge in [-0.25, -0.2) is 9.97 Å². The summed E-state index contributed by atoms with van der Waals surface area (Å²) in [6, 6.07) is 3.36. The largest absolute Gasteiger partial charge is 0.493 e. The molecule has 2 aromatic heterocycles. The Hall–Kier alpha value is -2.72. The molecule has 0 spiro atoms. The van der Waals surface area contributed by atoms with Crippen LogP contribution in [0.1, 0.15) is 23.3 Å². The number of aromatic nitrogens is 2. The SMILES string of the molecule is COc1cc(NC(=O)CSc2nc(N)c3c4c(sc3n2)CCCC4)cc(OC)c1OC. The molecule has 4 rings (SSSR count). The fraction of sp³-hybridized carbons (Fsp3) is 0.381. The van der Waals surface area contributed by atoms with Crippen molar-refractivity contribution in [3.8, 4) is 17.2 Å². The summed E-state index contributed by atoms with van der Waals surface area (Å²) in [6.45, 7) is 0. The molecule has 1 aliphatic rings. The van der Waals surface area contributed by atoms with E-state index in [0.717, 1.165) is 23.1 Å². The monoisotopic (exact) mass is 460 g/mol. The second-order valence-corrected chi connectivity index (χ2v) is 9.06. The minimum atomic E-state index is -0.202. The molecular formula is C21H24N4O4S2. The van der Waals surface area contributed by atoms with Crippen molar-refractivity contribution in [3.05, 3.63) is 22.6 Å². The van der Waals surface area contributed by atoms with Gasteiger partial charge in [-0.05, 0) is 31.2 Å². The van der Waals surface area contributed by atoms with Crippen LogP contribution >= 0.6 is 23.1 Å². The van der Waals surface area contributed by atoms with E-state index in [4.69, 9.17) is 19.9 Å². The summed E-state index contributed by atoms with van der Waals surface area (Å²) in [5.74, 6) is 1.84. The Balaban J connectivity index is 1.47. The molecule has 0 unspecified atom stereocenters. The van der Waals surface area contributed by atoms with E-state index in [2.05, 4.69) is 15.3 Å². The number of ether oxygens (including phenoxy) is 3. The fourth-order valence-electron chi connectivity index (χ4n) is 3.71. The van der Waals surface area contributed by atoms with Gasteiger partial charge in [0.15, 0.2) is 16.7 Å². The number of anilines is 2. The maximum absolute atomic E-state index is 12.5. The Morgan fingerprint density at radius 3 is 2.52 bits per heavy atom. The fourth-order valence-corrected chi connectivity index (χ4v) is 5.69. The van der Waals surface area contributed by atoms with Crippen molar-refractivity contribution in [2.24, 2.45) is 0 Å². The van der Waals surface area contributed by atoms with Gasteiger partial charge in [0.2, 0.25) is 11.7 Å². The van der Waals surface area contributed by atoms with Gasteiger partial charge in [-0.3, -0.25) is 4.79 Å². The molecule has 1 aromatic carbocycles. The number of hydrogen-bond donors (Lipinski definition) is 2. The van der Waals surface area contributed by atoms with Crippen molar-refractivity contribution in [1.29, 1.82) is 0 Å². The molecule has 2 heterocycles. The number of carbonyl (C=O) groups excluding carboxylic acids is 1. The molecule has 1 aliphatic carbocycles. The number of nitrogens with one attached hydrogen (secondary N) is 1. The number of methoxy groups -OCH3 is 3. The molecule has 0 bridgehead atoms. The summed E-state index contributed by atoms with van der Waals surface area (Å²) in [5.41, 5.74) is 8.10. The molecule has 0 atom stereocenters. The normalized spacial score (nSPS) is 13.0. The zero-order chi connectivity index (χ0) is 22.0. The first-order valence-corrected chi connectivity index (χ1v) is 11.6. The number of benzene rings is 1. The number of rotatable bonds is 7. The van der Waals surface area contributed by atoms with Crippen LogP contribution in [0.25, 0.3) is 10.2 Å². The van der Waals surface area contributed by atoms with E-state index < -0.39 is 0 Å². The van der Waals surface area contributed by atoms with Crippen LogP contribution < -0.4 is 25.3 Å². The van der Waals surface area contributed by atoms with E-state index in [1.165, 1.54) is 56.4 Å². The molecule has 3 N–H and O–H groups in total. The molecule has 31 heavy (non-hydrogen) atoms. The van der Waals surface area contributed by atoms with Gasteiger partial charge in [0.1, 0.15) is 10.6 Å². The Bertz CT molecular complexity index is 1110. The summed E-state index contributed by atoms with van der Waals surface area (Å²) in [7, 11) is 4.58. The first kappa shape index (κ1) is 21.5. The standard InChI is InChI=1S/C21H24N4O4S2/c1-27-13-8-11(9-14(28-2)18(13)29-3)23-16(26)10-30-21-24-19(22)17-12-6-4-5-7-15(12)31-20(17)25-21/h8-9H,4-7,10H2,1-3H3,(H,23,26)(H2,22,24,25). The molecule has 8 nitrogen and oxygen atoms in total. The lowest BCUT2D eigenvalue weighted by Crippen LogP contribution is -2.14. The summed E-state index contributed by atoms with van der Waals surface area (Å²) in [5, 5.41) is 4.34. The number of nitrogens with zero attached hydrogens (tertiary/aromatic N) is 2. The van der Waals surface area contributed by atoms with Crippen LogP contribution in [0.15, 0.2) is 17.3 Å². The van der Waals surface area contributed by atoms with E-state index in [-0.39, 0.29) is 11.7 Å². The summed E-state index contributed by atoms with van der Waals surface area (Å²) in [6.07, 6.45) is 4.49. The Morgan fingerprint density at radius 2 is 1.84 bits per heavy atom. The van der Waals surface area contributed by atoms with Crippen LogP contribution in [-0.4, -0.2) is 43.0 Å². The first-order valence-electron chi connectivity index (χ1n) is 9.84. The van der Waals surface area contributed by atoms with E-state index >= 15 is 0 Å². The van der Waals surface area contributed by atoms with Gasteiger partial charge in [-0.1, -0.05) is 11.8 Å². The molecule has 0 radical (unpaired) electrons. The third-order valence-electron chi connectivity index (χ3n) is 5.10. The molecule has 0 saturated carbocycles. The minimum Gasteiger partial charge on any atom is -0.493 e. The molecule has 0 saturated heterocycles. The van der Waals surface area contributed by atoms with E-state index in [9.17, 15) is 4.79 Å². The Morgan fingerprint density at radius 1 is 1.13 bits per heavy atom. The van der Waals surface area contributed by atoms with Gasteiger partial charge in [0.25, 0.3) is 0 Å². The number of nitrogen functional groups attached to an aromatic ring is 1. The highest BCUT2D eigenvalue weighted by Crippen LogP contribution is 2.40. The lowest BCUT2D eigenvalue weighted by molar-refractivity contribution is -0.113. The van der Waals surface area contributed by atoms with Gasteiger partial charge in [0, 0.05) is 22.7 Å². The average molecular weight is 461 g/mol. The molecular weight excluding hydrogens is 436 g/mol. The Kier molecular flexibility index (Phi) is 6.38. The second kappa shape index (κ2) is 9.19. The third-order valence-corrected chi connectivity index (χ3v) is 7.14. The average Bonchev–Trinajstić information content (AvgIpc) is 3.15. The maximum atomic E-state index is 12.5. The molecule has 164 valence electrons. The zero-order valence-electron chi connectivity index (χ0n) is 17.6. The number of aryl methyl sites for hydroxylation is 2. The van der Waals surface area contributed by atoms with Crippen LogP contribution in [0, 0.1) is 0 Å². The molecule has 0 aliphatic heterocycles. The smallest absolute Gasteiger partial charge is 0.234 e. The van der Waals surface area contributed by atoms with Crippen molar-refractivity contribution in [3.63, 3.8) is 0 Å². The van der Waals surface area contributed by atoms with Crippen LogP contribution in [0.2, 0.25) is 0 Å². The highest BCUT2D eigenvalue weighted by atomic mass is 32.2. The zero-order valence-corrected chi connectivity index (χ0v) is 19.2. The van der Waals surface area contributed by atoms with Crippen LogP contribution in [0.4, 0.5) is 11.5 Å². The molecule has 0 fully saturated rings. The van der Waals surface area contributed by atoms with Crippen molar-refractivity contribution >= 4 is 50.7 Å².